The Labute approximate surface area is 95.7 Å². The van der Waals surface area contributed by atoms with E-state index in [0.717, 1.165) is 38.4 Å². The third-order valence-corrected chi connectivity index (χ3v) is 3.07. The van der Waals surface area contributed by atoms with E-state index in [0.29, 0.717) is 0 Å². The monoisotopic (exact) mass is 219 g/mol. The molecular formula is C11H17N5. The Hall–Kier alpha value is -1.41. The first-order chi connectivity index (χ1) is 7.61. The minimum absolute atomic E-state index is 0.231. The summed E-state index contributed by atoms with van der Waals surface area (Å²) in [6.45, 7) is 7.75. The highest BCUT2D eigenvalue weighted by molar-refractivity contribution is 4.94. The highest BCUT2D eigenvalue weighted by Crippen LogP contribution is 2.20. The summed E-state index contributed by atoms with van der Waals surface area (Å²) in [5.74, 6) is 1.03. The van der Waals surface area contributed by atoms with Crippen LogP contribution >= 0.6 is 0 Å². The molecule has 5 nitrogen and oxygen atoms in total. The van der Waals surface area contributed by atoms with E-state index in [1.807, 2.05) is 13.8 Å². The number of aromatic nitrogens is 3. The van der Waals surface area contributed by atoms with E-state index in [1.54, 1.807) is 6.33 Å². The zero-order chi connectivity index (χ0) is 11.6. The first kappa shape index (κ1) is 11.1. The Morgan fingerprint density at radius 3 is 3.06 bits per heavy atom. The van der Waals surface area contributed by atoms with Crippen LogP contribution in [-0.2, 0) is 13.1 Å². The lowest BCUT2D eigenvalue weighted by Gasteiger charge is -2.28. The molecule has 0 fully saturated rings. The molecule has 0 saturated heterocycles. The minimum Gasteiger partial charge on any atom is -0.315 e. The molecule has 0 atom stereocenters. The molecular weight excluding hydrogens is 202 g/mol. The quantitative estimate of drug-likeness (QED) is 0.762. The van der Waals surface area contributed by atoms with Crippen molar-refractivity contribution in [1.82, 2.24) is 19.7 Å². The number of fused-ring (bicyclic) bond motifs is 1. The second-order valence-electron chi connectivity index (χ2n) is 4.96. The maximum Gasteiger partial charge on any atom is 0.147 e. The van der Waals surface area contributed by atoms with Gasteiger partial charge in [-0.3, -0.25) is 4.90 Å². The second-order valence-corrected chi connectivity index (χ2v) is 4.96. The molecule has 2 heterocycles. The van der Waals surface area contributed by atoms with Crippen molar-refractivity contribution in [3.05, 3.63) is 12.2 Å². The highest BCUT2D eigenvalue weighted by atomic mass is 15.3. The van der Waals surface area contributed by atoms with Crippen molar-refractivity contribution >= 4 is 0 Å². The van der Waals surface area contributed by atoms with Gasteiger partial charge in [0.2, 0.25) is 0 Å². The molecule has 16 heavy (non-hydrogen) atoms. The number of hydrogen-bond acceptors (Lipinski definition) is 4. The maximum atomic E-state index is 8.95. The molecule has 0 unspecified atom stereocenters. The first-order valence-corrected chi connectivity index (χ1v) is 5.61. The molecule has 2 rings (SSSR count). The Kier molecular flexibility index (Phi) is 2.92. The van der Waals surface area contributed by atoms with Crippen LogP contribution < -0.4 is 0 Å². The van der Waals surface area contributed by atoms with Gasteiger partial charge < -0.3 is 4.57 Å². The zero-order valence-corrected chi connectivity index (χ0v) is 9.85. The third-order valence-electron chi connectivity index (χ3n) is 3.07. The van der Waals surface area contributed by atoms with Gasteiger partial charge in [-0.1, -0.05) is 0 Å². The van der Waals surface area contributed by atoms with Crippen molar-refractivity contribution in [2.45, 2.75) is 33.4 Å². The topological polar surface area (TPSA) is 57.7 Å². The van der Waals surface area contributed by atoms with Gasteiger partial charge in [-0.2, -0.15) is 5.26 Å². The third kappa shape index (κ3) is 2.39. The van der Waals surface area contributed by atoms with E-state index in [2.05, 4.69) is 25.7 Å². The molecule has 0 saturated carbocycles. The Bertz CT molecular complexity index is 401. The van der Waals surface area contributed by atoms with Crippen LogP contribution in [-0.4, -0.2) is 32.8 Å². The molecule has 86 valence electrons. The normalized spacial score (nSPS) is 16.8. The van der Waals surface area contributed by atoms with E-state index < -0.39 is 0 Å². The molecule has 1 aromatic rings. The number of rotatable bonds is 3. The first-order valence-electron chi connectivity index (χ1n) is 5.61. The predicted molar refractivity (Wildman–Crippen MR) is 59.3 cm³/mol. The Morgan fingerprint density at radius 1 is 1.50 bits per heavy atom. The molecule has 0 aromatic carbocycles. The van der Waals surface area contributed by atoms with Gasteiger partial charge in [-0.25, -0.2) is 0 Å². The summed E-state index contributed by atoms with van der Waals surface area (Å²) in [6, 6.07) is 2.34. The lowest BCUT2D eigenvalue weighted by molar-refractivity contribution is 0.196. The van der Waals surface area contributed by atoms with Crippen LogP contribution in [0.2, 0.25) is 0 Å². The number of nitriles is 1. The van der Waals surface area contributed by atoms with Gasteiger partial charge in [-0.15, -0.1) is 10.2 Å². The molecule has 0 radical (unpaired) electrons. The summed E-state index contributed by atoms with van der Waals surface area (Å²) < 4.78 is 2.09. The molecule has 0 spiro atoms. The Morgan fingerprint density at radius 2 is 2.31 bits per heavy atom. The fraction of sp³-hybridized carbons (Fsp3) is 0.727. The molecule has 1 aliphatic rings. The van der Waals surface area contributed by atoms with Gasteiger partial charge in [0, 0.05) is 19.6 Å². The van der Waals surface area contributed by atoms with E-state index in [4.69, 9.17) is 5.26 Å². The molecule has 1 aliphatic heterocycles. The molecule has 0 aliphatic carbocycles. The summed E-state index contributed by atoms with van der Waals surface area (Å²) in [7, 11) is 0. The van der Waals surface area contributed by atoms with Crippen LogP contribution in [0.15, 0.2) is 6.33 Å². The van der Waals surface area contributed by atoms with E-state index >= 15 is 0 Å². The lowest BCUT2D eigenvalue weighted by Crippen LogP contribution is -2.35. The van der Waals surface area contributed by atoms with Gasteiger partial charge in [0.05, 0.1) is 18.0 Å². The number of hydrogen-bond donors (Lipinski definition) is 0. The van der Waals surface area contributed by atoms with Crippen molar-refractivity contribution in [2.75, 3.05) is 13.1 Å². The van der Waals surface area contributed by atoms with Gasteiger partial charge in [0.25, 0.3) is 0 Å². The van der Waals surface area contributed by atoms with Gasteiger partial charge in [-0.05, 0) is 20.3 Å². The standard InChI is InChI=1S/C11H17N5/c1-11(2,8-12)3-4-15-5-6-16-9-13-14-10(16)7-15/h9H,3-7H2,1-2H3. The average Bonchev–Trinajstić information content (AvgIpc) is 2.73. The van der Waals surface area contributed by atoms with Crippen LogP contribution in [0.4, 0.5) is 0 Å². The summed E-state index contributed by atoms with van der Waals surface area (Å²) in [6.07, 6.45) is 2.68. The van der Waals surface area contributed by atoms with Crippen molar-refractivity contribution < 1.29 is 0 Å². The molecule has 1 aromatic heterocycles. The largest absolute Gasteiger partial charge is 0.315 e. The van der Waals surface area contributed by atoms with Crippen LogP contribution in [0.5, 0.6) is 0 Å². The average molecular weight is 219 g/mol. The Balaban J connectivity index is 1.89. The summed E-state index contributed by atoms with van der Waals surface area (Å²) in [4.78, 5) is 2.34. The van der Waals surface area contributed by atoms with Gasteiger partial charge in [0.1, 0.15) is 12.2 Å². The van der Waals surface area contributed by atoms with Crippen LogP contribution in [0.1, 0.15) is 26.1 Å². The zero-order valence-electron chi connectivity index (χ0n) is 9.85. The predicted octanol–water partition coefficient (Wildman–Crippen LogP) is 1.03. The van der Waals surface area contributed by atoms with Crippen molar-refractivity contribution in [1.29, 1.82) is 5.26 Å². The number of nitrogens with zero attached hydrogens (tertiary/aromatic N) is 5. The van der Waals surface area contributed by atoms with E-state index in [-0.39, 0.29) is 5.41 Å². The highest BCUT2D eigenvalue weighted by Gasteiger charge is 2.21. The van der Waals surface area contributed by atoms with Crippen molar-refractivity contribution in [3.8, 4) is 6.07 Å². The van der Waals surface area contributed by atoms with Crippen LogP contribution in [0, 0.1) is 16.7 Å². The van der Waals surface area contributed by atoms with Crippen LogP contribution in [0.3, 0.4) is 0 Å². The molecule has 5 heteroatoms. The van der Waals surface area contributed by atoms with Crippen molar-refractivity contribution in [2.24, 2.45) is 5.41 Å². The van der Waals surface area contributed by atoms with E-state index in [9.17, 15) is 0 Å². The lowest BCUT2D eigenvalue weighted by atomic mass is 9.91. The fourth-order valence-corrected chi connectivity index (χ4v) is 1.80. The summed E-state index contributed by atoms with van der Waals surface area (Å²) in [5, 5.41) is 16.9. The van der Waals surface area contributed by atoms with Gasteiger partial charge in [0.15, 0.2) is 0 Å². The SMILES string of the molecule is CC(C)(C#N)CCN1CCn2cnnc2C1. The van der Waals surface area contributed by atoms with E-state index in [1.165, 1.54) is 0 Å². The van der Waals surface area contributed by atoms with Crippen molar-refractivity contribution in [3.63, 3.8) is 0 Å². The fourth-order valence-electron chi connectivity index (χ4n) is 1.80. The molecule has 0 N–H and O–H groups in total. The minimum atomic E-state index is -0.231. The molecule has 0 amide bonds. The molecule has 0 bridgehead atoms. The summed E-state index contributed by atoms with van der Waals surface area (Å²) in [5.41, 5.74) is -0.231. The van der Waals surface area contributed by atoms with Crippen LogP contribution in [0.25, 0.3) is 0 Å². The smallest absolute Gasteiger partial charge is 0.147 e. The maximum absolute atomic E-state index is 8.95. The van der Waals surface area contributed by atoms with Gasteiger partial charge >= 0.3 is 0 Å². The second kappa shape index (κ2) is 4.22. The summed E-state index contributed by atoms with van der Waals surface area (Å²) >= 11 is 0.